The molecular weight excluding hydrogens is 258 g/mol. The van der Waals surface area contributed by atoms with Gasteiger partial charge in [-0.25, -0.2) is 0 Å². The average Bonchev–Trinajstić information content (AvgIpc) is 2.77. The van der Waals surface area contributed by atoms with Crippen LogP contribution in [0.4, 0.5) is 0 Å². The van der Waals surface area contributed by atoms with Gasteiger partial charge >= 0.3 is 0 Å². The van der Waals surface area contributed by atoms with Crippen LogP contribution < -0.4 is 5.32 Å². The third kappa shape index (κ3) is 2.82. The van der Waals surface area contributed by atoms with Crippen LogP contribution in [0, 0.1) is 0 Å². The van der Waals surface area contributed by atoms with Crippen molar-refractivity contribution in [3.05, 3.63) is 52.8 Å². The molecule has 0 aliphatic heterocycles. The maximum atomic E-state index is 6.28. The molecule has 0 saturated heterocycles. The minimum Gasteiger partial charge on any atom is -0.311 e. The number of aromatic nitrogens is 2. The van der Waals surface area contributed by atoms with Crippen molar-refractivity contribution in [2.75, 3.05) is 7.05 Å². The van der Waals surface area contributed by atoms with E-state index in [2.05, 4.69) is 41.6 Å². The van der Waals surface area contributed by atoms with Crippen molar-refractivity contribution in [1.82, 2.24) is 15.1 Å². The molecule has 0 amide bonds. The Morgan fingerprint density at radius 1 is 1.32 bits per heavy atom. The highest BCUT2D eigenvalue weighted by molar-refractivity contribution is 6.31. The fraction of sp³-hybridized carbons (Fsp3) is 0.400. The van der Waals surface area contributed by atoms with Gasteiger partial charge in [0.05, 0.1) is 23.0 Å². The minimum atomic E-state index is 0.160. The number of likely N-dealkylation sites (N-methyl/N-ethyl adjacent to an activating group) is 1. The highest BCUT2D eigenvalue weighted by Crippen LogP contribution is 2.36. The maximum Gasteiger partial charge on any atom is 0.0834 e. The van der Waals surface area contributed by atoms with E-state index in [4.69, 9.17) is 11.6 Å². The van der Waals surface area contributed by atoms with E-state index in [0.29, 0.717) is 5.92 Å². The van der Waals surface area contributed by atoms with Gasteiger partial charge in [-0.15, -0.1) is 0 Å². The van der Waals surface area contributed by atoms with E-state index in [-0.39, 0.29) is 6.04 Å². The first-order valence-electron chi connectivity index (χ1n) is 6.58. The molecule has 1 heterocycles. The molecule has 102 valence electrons. The Bertz CT molecular complexity index is 502. The van der Waals surface area contributed by atoms with Crippen molar-refractivity contribution in [3.63, 3.8) is 0 Å². The molecule has 4 heteroatoms. The summed E-state index contributed by atoms with van der Waals surface area (Å²) in [6, 6.07) is 10.7. The van der Waals surface area contributed by atoms with Crippen molar-refractivity contribution >= 4 is 11.6 Å². The van der Waals surface area contributed by atoms with E-state index < -0.39 is 0 Å². The van der Waals surface area contributed by atoms with Crippen LogP contribution in [-0.2, 0) is 7.05 Å². The van der Waals surface area contributed by atoms with Crippen molar-refractivity contribution in [2.45, 2.75) is 25.3 Å². The quantitative estimate of drug-likeness (QED) is 0.906. The molecule has 2 aromatic rings. The molecular formula is C15H20ClN3. The predicted molar refractivity (Wildman–Crippen MR) is 79.5 cm³/mol. The molecule has 1 aromatic heterocycles. The lowest BCUT2D eigenvalue weighted by Gasteiger charge is -2.27. The van der Waals surface area contributed by atoms with Gasteiger partial charge in [0.25, 0.3) is 0 Å². The minimum absolute atomic E-state index is 0.160. The van der Waals surface area contributed by atoms with Crippen LogP contribution >= 0.6 is 11.6 Å². The van der Waals surface area contributed by atoms with Gasteiger partial charge in [-0.3, -0.25) is 4.68 Å². The Morgan fingerprint density at radius 3 is 2.47 bits per heavy atom. The van der Waals surface area contributed by atoms with Gasteiger partial charge in [0.1, 0.15) is 0 Å². The summed E-state index contributed by atoms with van der Waals surface area (Å²) in [5.74, 6) is 0.374. The molecule has 2 unspecified atom stereocenters. The number of nitrogens with zero attached hydrogens (tertiary/aromatic N) is 2. The van der Waals surface area contributed by atoms with Gasteiger partial charge in [0, 0.05) is 13.0 Å². The monoisotopic (exact) mass is 277 g/mol. The largest absolute Gasteiger partial charge is 0.311 e. The van der Waals surface area contributed by atoms with Crippen molar-refractivity contribution in [3.8, 4) is 0 Å². The lowest BCUT2D eigenvalue weighted by molar-refractivity contribution is 0.440. The summed E-state index contributed by atoms with van der Waals surface area (Å²) in [6.45, 7) is 2.20. The molecule has 0 aliphatic rings. The summed E-state index contributed by atoms with van der Waals surface area (Å²) in [5.41, 5.74) is 2.36. The summed E-state index contributed by atoms with van der Waals surface area (Å²) in [5, 5.41) is 8.35. The smallest absolute Gasteiger partial charge is 0.0834 e. The van der Waals surface area contributed by atoms with Crippen molar-refractivity contribution in [2.24, 2.45) is 7.05 Å². The number of rotatable bonds is 5. The van der Waals surface area contributed by atoms with Crippen molar-refractivity contribution in [1.29, 1.82) is 0 Å². The molecule has 0 radical (unpaired) electrons. The highest BCUT2D eigenvalue weighted by atomic mass is 35.5. The second-order valence-electron chi connectivity index (χ2n) is 4.69. The van der Waals surface area contributed by atoms with E-state index in [1.807, 2.05) is 24.8 Å². The number of nitrogens with one attached hydrogen (secondary N) is 1. The fourth-order valence-corrected chi connectivity index (χ4v) is 2.95. The topological polar surface area (TPSA) is 29.9 Å². The Labute approximate surface area is 119 Å². The number of benzene rings is 1. The molecule has 3 nitrogen and oxygen atoms in total. The zero-order chi connectivity index (χ0) is 13.8. The number of hydrogen-bond acceptors (Lipinski definition) is 2. The Morgan fingerprint density at radius 2 is 2.00 bits per heavy atom. The van der Waals surface area contributed by atoms with Crippen LogP contribution in [0.5, 0.6) is 0 Å². The zero-order valence-electron chi connectivity index (χ0n) is 11.6. The van der Waals surface area contributed by atoms with Crippen LogP contribution in [-0.4, -0.2) is 16.8 Å². The Hall–Kier alpha value is -1.32. The van der Waals surface area contributed by atoms with Gasteiger partial charge in [-0.1, -0.05) is 48.9 Å². The molecule has 1 aromatic carbocycles. The maximum absolute atomic E-state index is 6.28. The first-order chi connectivity index (χ1) is 9.19. The van der Waals surface area contributed by atoms with Gasteiger partial charge in [-0.2, -0.15) is 5.10 Å². The first-order valence-corrected chi connectivity index (χ1v) is 6.96. The van der Waals surface area contributed by atoms with Gasteiger partial charge < -0.3 is 5.32 Å². The van der Waals surface area contributed by atoms with E-state index in [0.717, 1.165) is 17.1 Å². The Kier molecular flexibility index (Phi) is 4.61. The van der Waals surface area contributed by atoms with E-state index in [1.54, 1.807) is 6.20 Å². The number of halogens is 1. The van der Waals surface area contributed by atoms with E-state index >= 15 is 0 Å². The van der Waals surface area contributed by atoms with E-state index in [9.17, 15) is 0 Å². The van der Waals surface area contributed by atoms with Crippen molar-refractivity contribution < 1.29 is 0 Å². The average molecular weight is 278 g/mol. The third-order valence-corrected chi connectivity index (χ3v) is 3.90. The number of aryl methyl sites for hydroxylation is 1. The van der Waals surface area contributed by atoms with Crippen LogP contribution in [0.1, 0.15) is 36.6 Å². The molecule has 2 rings (SSSR count). The van der Waals surface area contributed by atoms with Crippen LogP contribution in [0.25, 0.3) is 0 Å². The second kappa shape index (κ2) is 6.22. The molecule has 19 heavy (non-hydrogen) atoms. The van der Waals surface area contributed by atoms with Gasteiger partial charge in [0.2, 0.25) is 0 Å². The molecule has 0 bridgehead atoms. The summed E-state index contributed by atoms with van der Waals surface area (Å²) >= 11 is 6.28. The molecule has 0 fully saturated rings. The van der Waals surface area contributed by atoms with E-state index in [1.165, 1.54) is 5.56 Å². The summed E-state index contributed by atoms with van der Waals surface area (Å²) in [6.07, 6.45) is 2.75. The van der Waals surface area contributed by atoms with Gasteiger partial charge in [0.15, 0.2) is 0 Å². The molecule has 0 aliphatic carbocycles. The normalized spacial score (nSPS) is 14.3. The highest BCUT2D eigenvalue weighted by Gasteiger charge is 2.26. The fourth-order valence-electron chi connectivity index (χ4n) is 2.66. The molecule has 1 N–H and O–H groups in total. The standard InChI is InChI=1S/C15H20ClN3/c1-4-12(11-8-6-5-7-9-11)14(17-2)15-13(16)10-18-19(15)3/h5-10,12,14,17H,4H2,1-3H3. The second-order valence-corrected chi connectivity index (χ2v) is 5.10. The van der Waals surface area contributed by atoms with Crippen LogP contribution in [0.15, 0.2) is 36.5 Å². The van der Waals surface area contributed by atoms with Crippen LogP contribution in [0.3, 0.4) is 0 Å². The summed E-state index contributed by atoms with van der Waals surface area (Å²) in [4.78, 5) is 0. The molecule has 0 saturated carbocycles. The molecule has 0 spiro atoms. The molecule has 2 atom stereocenters. The third-order valence-electron chi connectivity index (χ3n) is 3.61. The lowest BCUT2D eigenvalue weighted by Crippen LogP contribution is -2.26. The predicted octanol–water partition coefficient (Wildman–Crippen LogP) is 3.53. The van der Waals surface area contributed by atoms with Crippen LogP contribution in [0.2, 0.25) is 5.02 Å². The zero-order valence-corrected chi connectivity index (χ0v) is 12.4. The SMILES string of the molecule is CCC(c1ccccc1)C(NC)c1c(Cl)cnn1C. The lowest BCUT2D eigenvalue weighted by atomic mass is 9.87. The summed E-state index contributed by atoms with van der Waals surface area (Å²) in [7, 11) is 3.91. The Balaban J connectivity index is 2.40. The van der Waals surface area contributed by atoms with Gasteiger partial charge in [-0.05, 0) is 19.0 Å². The summed E-state index contributed by atoms with van der Waals surface area (Å²) < 4.78 is 1.86. The first kappa shape index (κ1) is 14.1. The number of hydrogen-bond donors (Lipinski definition) is 1.